The number of alkyl halides is 3. The highest BCUT2D eigenvalue weighted by Gasteiger charge is 2.37. The number of halogens is 3. The number of hydrogen-bond acceptors (Lipinski definition) is 3. The standard InChI is InChI=1S/C15H22F3N3O2/c1-20(12-5-3-2-4-6-12)13(23)10-21-9-11(7-8-22)14(19-21)15(16,17)18/h9,12,22H,2-8,10H2,1H3. The highest BCUT2D eigenvalue weighted by Crippen LogP contribution is 2.31. The Labute approximate surface area is 133 Å². The molecule has 130 valence electrons. The molecule has 0 spiro atoms. The number of rotatable bonds is 5. The fourth-order valence-electron chi connectivity index (χ4n) is 3.01. The first-order valence-electron chi connectivity index (χ1n) is 7.83. The van der Waals surface area contributed by atoms with Gasteiger partial charge in [-0.05, 0) is 19.3 Å². The first-order valence-corrected chi connectivity index (χ1v) is 7.83. The third-order valence-corrected chi connectivity index (χ3v) is 4.30. The summed E-state index contributed by atoms with van der Waals surface area (Å²) in [5.74, 6) is -0.247. The molecule has 1 heterocycles. The van der Waals surface area contributed by atoms with Gasteiger partial charge in [0.1, 0.15) is 6.54 Å². The van der Waals surface area contributed by atoms with Crippen molar-refractivity contribution in [3.8, 4) is 0 Å². The van der Waals surface area contributed by atoms with Gasteiger partial charge in [-0.2, -0.15) is 18.3 Å². The summed E-state index contributed by atoms with van der Waals surface area (Å²) in [5.41, 5.74) is -1.12. The number of aliphatic hydroxyl groups excluding tert-OH is 1. The van der Waals surface area contributed by atoms with Crippen molar-refractivity contribution in [3.63, 3.8) is 0 Å². The molecule has 2 rings (SSSR count). The van der Waals surface area contributed by atoms with Gasteiger partial charge in [0.05, 0.1) is 0 Å². The fourth-order valence-corrected chi connectivity index (χ4v) is 3.01. The second-order valence-electron chi connectivity index (χ2n) is 5.97. The van der Waals surface area contributed by atoms with Crippen LogP contribution in [0.15, 0.2) is 6.20 Å². The Morgan fingerprint density at radius 3 is 2.61 bits per heavy atom. The molecule has 1 N–H and O–H groups in total. The van der Waals surface area contributed by atoms with Gasteiger partial charge < -0.3 is 10.0 Å². The lowest BCUT2D eigenvalue weighted by molar-refractivity contribution is -0.142. The minimum atomic E-state index is -4.59. The number of amides is 1. The van der Waals surface area contributed by atoms with E-state index in [9.17, 15) is 18.0 Å². The summed E-state index contributed by atoms with van der Waals surface area (Å²) in [6.45, 7) is -0.619. The summed E-state index contributed by atoms with van der Waals surface area (Å²) in [6, 6.07) is 0.158. The van der Waals surface area contributed by atoms with Crippen molar-refractivity contribution in [2.45, 2.75) is 57.3 Å². The lowest BCUT2D eigenvalue weighted by Gasteiger charge is -2.31. The number of likely N-dealkylation sites (N-methyl/N-ethyl adjacent to an activating group) is 1. The van der Waals surface area contributed by atoms with Crippen LogP contribution in [0.2, 0.25) is 0 Å². The zero-order chi connectivity index (χ0) is 17.0. The van der Waals surface area contributed by atoms with E-state index in [-0.39, 0.29) is 30.5 Å². The highest BCUT2D eigenvalue weighted by atomic mass is 19.4. The van der Waals surface area contributed by atoms with Gasteiger partial charge in [0.25, 0.3) is 0 Å². The number of nitrogens with zero attached hydrogens (tertiary/aromatic N) is 3. The normalized spacial score (nSPS) is 16.6. The van der Waals surface area contributed by atoms with Crippen LogP contribution < -0.4 is 0 Å². The molecular weight excluding hydrogens is 311 g/mol. The van der Waals surface area contributed by atoms with Gasteiger partial charge in [0, 0.05) is 31.5 Å². The van der Waals surface area contributed by atoms with Crippen LogP contribution in [0.4, 0.5) is 13.2 Å². The van der Waals surface area contributed by atoms with Crippen molar-refractivity contribution < 1.29 is 23.1 Å². The number of carbonyl (C=O) groups is 1. The Morgan fingerprint density at radius 2 is 2.04 bits per heavy atom. The average molecular weight is 333 g/mol. The van der Waals surface area contributed by atoms with E-state index < -0.39 is 18.5 Å². The average Bonchev–Trinajstić information content (AvgIpc) is 2.90. The third-order valence-electron chi connectivity index (χ3n) is 4.30. The van der Waals surface area contributed by atoms with Crippen molar-refractivity contribution in [2.75, 3.05) is 13.7 Å². The van der Waals surface area contributed by atoms with Gasteiger partial charge >= 0.3 is 6.18 Å². The molecular formula is C15H22F3N3O2. The second kappa shape index (κ2) is 7.33. The maximum absolute atomic E-state index is 12.9. The van der Waals surface area contributed by atoms with Crippen molar-refractivity contribution in [1.82, 2.24) is 14.7 Å². The van der Waals surface area contributed by atoms with Crippen LogP contribution in [0.25, 0.3) is 0 Å². The van der Waals surface area contributed by atoms with Crippen LogP contribution in [0, 0.1) is 0 Å². The minimum Gasteiger partial charge on any atom is -0.396 e. The van der Waals surface area contributed by atoms with Crippen LogP contribution in [-0.2, 0) is 23.9 Å². The summed E-state index contributed by atoms with van der Waals surface area (Å²) >= 11 is 0. The number of carbonyl (C=O) groups excluding carboxylic acids is 1. The predicted octanol–water partition coefficient (Wildman–Crippen LogP) is 2.23. The number of aromatic nitrogens is 2. The van der Waals surface area contributed by atoms with Gasteiger partial charge in [-0.1, -0.05) is 19.3 Å². The van der Waals surface area contributed by atoms with Crippen molar-refractivity contribution in [1.29, 1.82) is 0 Å². The maximum Gasteiger partial charge on any atom is 0.435 e. The van der Waals surface area contributed by atoms with Crippen molar-refractivity contribution in [2.24, 2.45) is 0 Å². The SMILES string of the molecule is CN(C(=O)Cn1cc(CCO)c(C(F)(F)F)n1)C1CCCCC1. The zero-order valence-corrected chi connectivity index (χ0v) is 13.1. The van der Waals surface area contributed by atoms with Crippen LogP contribution >= 0.6 is 0 Å². The molecule has 0 aromatic carbocycles. The molecule has 0 saturated heterocycles. The van der Waals surface area contributed by atoms with E-state index in [0.29, 0.717) is 0 Å². The van der Waals surface area contributed by atoms with Crippen molar-refractivity contribution in [3.05, 3.63) is 17.5 Å². The molecule has 0 atom stereocenters. The van der Waals surface area contributed by atoms with E-state index in [1.54, 1.807) is 11.9 Å². The summed E-state index contributed by atoms with van der Waals surface area (Å²) in [5, 5.41) is 12.4. The first-order chi connectivity index (χ1) is 10.8. The molecule has 8 heteroatoms. The largest absolute Gasteiger partial charge is 0.435 e. The van der Waals surface area contributed by atoms with Crippen molar-refractivity contribution >= 4 is 5.91 Å². The highest BCUT2D eigenvalue weighted by molar-refractivity contribution is 5.76. The van der Waals surface area contributed by atoms with E-state index in [0.717, 1.165) is 36.8 Å². The molecule has 1 aliphatic rings. The van der Waals surface area contributed by atoms with E-state index in [2.05, 4.69) is 5.10 Å². The fraction of sp³-hybridized carbons (Fsp3) is 0.733. The molecule has 1 aromatic rings. The van der Waals surface area contributed by atoms with Crippen LogP contribution in [0.1, 0.15) is 43.4 Å². The number of aliphatic hydroxyl groups is 1. The third kappa shape index (κ3) is 4.46. The van der Waals surface area contributed by atoms with E-state index in [4.69, 9.17) is 5.11 Å². The van der Waals surface area contributed by atoms with Crippen LogP contribution in [0.5, 0.6) is 0 Å². The lowest BCUT2D eigenvalue weighted by atomic mass is 9.94. The smallest absolute Gasteiger partial charge is 0.396 e. The first kappa shape index (κ1) is 17.8. The van der Waals surface area contributed by atoms with Gasteiger partial charge in [0.15, 0.2) is 5.69 Å². The summed E-state index contributed by atoms with van der Waals surface area (Å²) in [6.07, 6.45) is 1.65. The topological polar surface area (TPSA) is 58.4 Å². The van der Waals surface area contributed by atoms with E-state index in [1.807, 2.05) is 0 Å². The Morgan fingerprint density at radius 1 is 1.39 bits per heavy atom. The molecule has 0 radical (unpaired) electrons. The Bertz CT molecular complexity index is 537. The van der Waals surface area contributed by atoms with Gasteiger partial charge in [-0.25, -0.2) is 0 Å². The monoisotopic (exact) mass is 333 g/mol. The molecule has 0 unspecified atom stereocenters. The molecule has 0 aliphatic heterocycles. The summed E-state index contributed by atoms with van der Waals surface area (Å²) in [7, 11) is 1.70. The molecule has 1 aromatic heterocycles. The molecule has 0 bridgehead atoms. The Kier molecular flexibility index (Phi) is 5.67. The van der Waals surface area contributed by atoms with Gasteiger partial charge in [-0.3, -0.25) is 9.48 Å². The van der Waals surface area contributed by atoms with E-state index in [1.165, 1.54) is 6.20 Å². The van der Waals surface area contributed by atoms with E-state index >= 15 is 0 Å². The second-order valence-corrected chi connectivity index (χ2v) is 5.97. The molecule has 23 heavy (non-hydrogen) atoms. The molecule has 1 fully saturated rings. The minimum absolute atomic E-state index is 0.0897. The summed E-state index contributed by atoms with van der Waals surface area (Å²) in [4.78, 5) is 13.9. The summed E-state index contributed by atoms with van der Waals surface area (Å²) < 4.78 is 39.8. The zero-order valence-electron chi connectivity index (χ0n) is 13.1. The number of hydrogen-bond donors (Lipinski definition) is 1. The Hall–Kier alpha value is -1.57. The van der Waals surface area contributed by atoms with Crippen LogP contribution in [-0.4, -0.2) is 45.4 Å². The lowest BCUT2D eigenvalue weighted by Crippen LogP contribution is -2.40. The van der Waals surface area contributed by atoms with Crippen LogP contribution in [0.3, 0.4) is 0 Å². The maximum atomic E-state index is 12.9. The predicted molar refractivity (Wildman–Crippen MR) is 77.7 cm³/mol. The quantitative estimate of drug-likeness (QED) is 0.899. The molecule has 1 aliphatic carbocycles. The molecule has 1 saturated carbocycles. The van der Waals surface area contributed by atoms with Gasteiger partial charge in [0.2, 0.25) is 5.91 Å². The molecule has 1 amide bonds. The molecule has 5 nitrogen and oxygen atoms in total. The Balaban J connectivity index is 2.08. The van der Waals surface area contributed by atoms with Gasteiger partial charge in [-0.15, -0.1) is 0 Å².